The van der Waals surface area contributed by atoms with Crippen LogP contribution in [0.25, 0.3) is 0 Å². The van der Waals surface area contributed by atoms with Crippen molar-refractivity contribution in [3.63, 3.8) is 0 Å². The quantitative estimate of drug-likeness (QED) is 0.0213. The molecule has 0 rings (SSSR count). The second-order valence-corrected chi connectivity index (χ2v) is 16.5. The van der Waals surface area contributed by atoms with Gasteiger partial charge in [0.05, 0.1) is 33.9 Å². The van der Waals surface area contributed by atoms with Crippen LogP contribution >= 0.6 is 7.82 Å². The van der Waals surface area contributed by atoms with Crippen molar-refractivity contribution in [2.45, 2.75) is 135 Å². The molecule has 0 heterocycles. The second kappa shape index (κ2) is 38.8. The van der Waals surface area contributed by atoms with Crippen LogP contribution in [0.4, 0.5) is 0 Å². The predicted molar refractivity (Wildman–Crippen MR) is 241 cm³/mol. The summed E-state index contributed by atoms with van der Waals surface area (Å²) in [6.45, 7) is 3.65. The molecule has 0 spiro atoms. The van der Waals surface area contributed by atoms with Gasteiger partial charge in [-0.1, -0.05) is 123 Å². The lowest BCUT2D eigenvalue weighted by molar-refractivity contribution is -0.870. The molecule has 0 bridgehead atoms. The van der Waals surface area contributed by atoms with Crippen LogP contribution in [0.1, 0.15) is 123 Å². The summed E-state index contributed by atoms with van der Waals surface area (Å²) in [5, 5.41) is 9.57. The van der Waals surface area contributed by atoms with E-state index in [1.165, 1.54) is 0 Å². The van der Waals surface area contributed by atoms with E-state index in [0.717, 1.165) is 70.6 Å². The molecule has 1 unspecified atom stereocenters. The summed E-state index contributed by atoms with van der Waals surface area (Å²) in [5.41, 5.74) is 0. The lowest BCUT2D eigenvalue weighted by atomic mass is 10.1. The van der Waals surface area contributed by atoms with E-state index in [9.17, 15) is 24.2 Å². The molecule has 0 fully saturated rings. The maximum atomic E-state index is 12.6. The molecular formula is C48H78NO9P. The first-order valence-electron chi connectivity index (χ1n) is 21.7. The first kappa shape index (κ1) is 55.6. The zero-order valence-electron chi connectivity index (χ0n) is 37.0. The third-order valence-corrected chi connectivity index (χ3v) is 9.40. The molecule has 11 heteroatoms. The summed E-state index contributed by atoms with van der Waals surface area (Å²) >= 11 is 0. The highest BCUT2D eigenvalue weighted by atomic mass is 31.2. The number of unbranched alkanes of at least 4 members (excludes halogenated alkanes) is 2. The fourth-order valence-corrected chi connectivity index (χ4v) is 5.62. The van der Waals surface area contributed by atoms with Crippen molar-refractivity contribution >= 4 is 19.8 Å². The van der Waals surface area contributed by atoms with Gasteiger partial charge < -0.3 is 33.0 Å². The topological polar surface area (TPSA) is 131 Å². The zero-order valence-corrected chi connectivity index (χ0v) is 37.9. The van der Waals surface area contributed by atoms with Crippen molar-refractivity contribution in [3.05, 3.63) is 109 Å². The largest absolute Gasteiger partial charge is 0.756 e. The van der Waals surface area contributed by atoms with Gasteiger partial charge in [0, 0.05) is 12.8 Å². The number of allylic oxidation sites excluding steroid dienone is 18. The lowest BCUT2D eigenvalue weighted by Crippen LogP contribution is -2.37. The fourth-order valence-electron chi connectivity index (χ4n) is 4.90. The highest BCUT2D eigenvalue weighted by Crippen LogP contribution is 2.38. The molecule has 334 valence electrons. The third kappa shape index (κ3) is 42.6. The number of carbonyl (C=O) groups excluding carboxylic acids is 2. The Morgan fingerprint density at radius 3 is 1.47 bits per heavy atom. The number of phosphoric acid groups is 1. The molecule has 59 heavy (non-hydrogen) atoms. The van der Waals surface area contributed by atoms with E-state index in [2.05, 4.69) is 98.1 Å². The summed E-state index contributed by atoms with van der Waals surface area (Å²) < 4.78 is 33.7. The van der Waals surface area contributed by atoms with E-state index in [-0.39, 0.29) is 32.2 Å². The fraction of sp³-hybridized carbons (Fsp3) is 0.583. The maximum Gasteiger partial charge on any atom is 0.306 e. The van der Waals surface area contributed by atoms with Crippen LogP contribution in [-0.2, 0) is 32.7 Å². The lowest BCUT2D eigenvalue weighted by Gasteiger charge is -2.28. The van der Waals surface area contributed by atoms with Crippen LogP contribution in [-0.4, -0.2) is 81.2 Å². The van der Waals surface area contributed by atoms with Gasteiger partial charge in [-0.3, -0.25) is 14.2 Å². The molecule has 0 aromatic rings. The summed E-state index contributed by atoms with van der Waals surface area (Å²) in [6, 6.07) is 0. The molecule has 10 nitrogen and oxygen atoms in total. The SMILES string of the molecule is CC/C=C\C/C=C\C/C=C\C/C=C\C/C=C\CCCC(=O)OC[C@H](COP(=O)([O-])OCC[N+](C)(C)C)OC(=O)CCC/C=C\C/C=C\C/C=C\C/C=C\CC[C@H](O)CC. The number of carbonyl (C=O) groups is 2. The molecule has 0 radical (unpaired) electrons. The van der Waals surface area contributed by atoms with Crippen LogP contribution in [0.3, 0.4) is 0 Å². The molecule has 0 saturated carbocycles. The van der Waals surface area contributed by atoms with Crippen LogP contribution in [0, 0.1) is 0 Å². The molecular weight excluding hydrogens is 765 g/mol. The minimum atomic E-state index is -4.67. The number of esters is 2. The van der Waals surface area contributed by atoms with Gasteiger partial charge in [-0.25, -0.2) is 0 Å². The van der Waals surface area contributed by atoms with Crippen molar-refractivity contribution in [1.82, 2.24) is 0 Å². The van der Waals surface area contributed by atoms with Crippen LogP contribution < -0.4 is 4.89 Å². The van der Waals surface area contributed by atoms with Crippen molar-refractivity contribution in [3.8, 4) is 0 Å². The third-order valence-electron chi connectivity index (χ3n) is 8.44. The second-order valence-electron chi connectivity index (χ2n) is 15.1. The van der Waals surface area contributed by atoms with Crippen LogP contribution in [0.2, 0.25) is 0 Å². The molecule has 0 aromatic carbocycles. The summed E-state index contributed by atoms with van der Waals surface area (Å²) in [5.74, 6) is -1.00. The van der Waals surface area contributed by atoms with Gasteiger partial charge in [-0.2, -0.15) is 0 Å². The average molecular weight is 844 g/mol. The Kier molecular flexibility index (Phi) is 36.6. The number of aliphatic hydroxyl groups excluding tert-OH is 1. The molecule has 3 atom stereocenters. The van der Waals surface area contributed by atoms with E-state index in [1.807, 2.05) is 46.3 Å². The molecule has 0 aliphatic rings. The Bertz CT molecular complexity index is 1380. The minimum Gasteiger partial charge on any atom is -0.756 e. The van der Waals surface area contributed by atoms with E-state index in [0.29, 0.717) is 36.7 Å². The first-order valence-corrected chi connectivity index (χ1v) is 23.1. The Labute approximate surface area is 358 Å². The molecule has 0 aliphatic heterocycles. The Balaban J connectivity index is 4.60. The van der Waals surface area contributed by atoms with E-state index < -0.39 is 32.5 Å². The van der Waals surface area contributed by atoms with Gasteiger partial charge in [-0.05, 0) is 96.3 Å². The van der Waals surface area contributed by atoms with Crippen LogP contribution in [0.5, 0.6) is 0 Å². The highest BCUT2D eigenvalue weighted by Gasteiger charge is 2.21. The number of aliphatic hydroxyl groups is 1. The number of quaternary nitrogens is 1. The van der Waals surface area contributed by atoms with E-state index in [1.54, 1.807) is 0 Å². The number of nitrogens with zero attached hydrogens (tertiary/aromatic N) is 1. The van der Waals surface area contributed by atoms with Crippen molar-refractivity contribution in [1.29, 1.82) is 0 Å². The standard InChI is InChI=1S/C48H78NO9P/c1-6-8-9-10-11-12-13-14-15-16-17-21-24-27-30-33-36-39-47(51)55-43-46(44-57-59(53,54)56-42-41-49(3,4)5)58-48(52)40-37-34-31-28-25-22-19-18-20-23-26-29-32-35-38-45(50)7-2/h8-9,11-12,14-15,17,19-23,27-32,45-46,50H,6-7,10,13,16,18,24-26,33-44H2,1-5H3/b9-8-,12-11-,15-14-,21-17-,22-19-,23-20-,30-27-,31-28-,32-29-/t45-,46-/m1/s1. The van der Waals surface area contributed by atoms with Gasteiger partial charge in [0.2, 0.25) is 0 Å². The summed E-state index contributed by atoms with van der Waals surface area (Å²) in [4.78, 5) is 37.5. The minimum absolute atomic E-state index is 0.0628. The number of ether oxygens (including phenoxy) is 2. The summed E-state index contributed by atoms with van der Waals surface area (Å²) in [6.07, 6.45) is 49.3. The molecule has 0 aliphatic carbocycles. The molecule has 1 N–H and O–H groups in total. The first-order chi connectivity index (χ1) is 28.4. The number of hydrogen-bond acceptors (Lipinski definition) is 9. The average Bonchev–Trinajstić information content (AvgIpc) is 3.19. The van der Waals surface area contributed by atoms with Crippen LogP contribution in [0.15, 0.2) is 109 Å². The number of likely N-dealkylation sites (N-methyl/N-ethyl adjacent to an activating group) is 1. The van der Waals surface area contributed by atoms with E-state index >= 15 is 0 Å². The number of rotatable bonds is 37. The van der Waals surface area contributed by atoms with Crippen molar-refractivity contribution < 1.29 is 47.2 Å². The summed E-state index contributed by atoms with van der Waals surface area (Å²) in [7, 11) is 1.06. The Hall–Kier alpha value is -3.37. The molecule has 0 saturated heterocycles. The Morgan fingerprint density at radius 1 is 0.610 bits per heavy atom. The smallest absolute Gasteiger partial charge is 0.306 e. The van der Waals surface area contributed by atoms with Gasteiger partial charge in [0.15, 0.2) is 6.10 Å². The number of phosphoric ester groups is 1. The van der Waals surface area contributed by atoms with Crippen molar-refractivity contribution in [2.24, 2.45) is 0 Å². The number of hydrogen-bond donors (Lipinski definition) is 1. The predicted octanol–water partition coefficient (Wildman–Crippen LogP) is 10.7. The highest BCUT2D eigenvalue weighted by molar-refractivity contribution is 7.45. The molecule has 0 aromatic heterocycles. The monoisotopic (exact) mass is 844 g/mol. The normalized spacial score (nSPS) is 15.2. The zero-order chi connectivity index (χ0) is 43.7. The van der Waals surface area contributed by atoms with Crippen molar-refractivity contribution in [2.75, 3.05) is 47.5 Å². The maximum absolute atomic E-state index is 12.6. The van der Waals surface area contributed by atoms with Gasteiger partial charge >= 0.3 is 11.9 Å². The molecule has 0 amide bonds. The van der Waals surface area contributed by atoms with Gasteiger partial charge in [-0.15, -0.1) is 0 Å². The van der Waals surface area contributed by atoms with Gasteiger partial charge in [0.25, 0.3) is 7.82 Å². The Morgan fingerprint density at radius 2 is 1.03 bits per heavy atom. The van der Waals surface area contributed by atoms with Gasteiger partial charge in [0.1, 0.15) is 19.8 Å². The van der Waals surface area contributed by atoms with E-state index in [4.69, 9.17) is 18.5 Å².